The Bertz CT molecular complexity index is 1400. The fourth-order valence-corrected chi connectivity index (χ4v) is 4.49. The van der Waals surface area contributed by atoms with E-state index in [1.807, 2.05) is 29.2 Å². The van der Waals surface area contributed by atoms with E-state index in [1.54, 1.807) is 31.3 Å². The van der Waals surface area contributed by atoms with Crippen molar-refractivity contribution in [3.05, 3.63) is 108 Å². The van der Waals surface area contributed by atoms with Gasteiger partial charge in [0.25, 0.3) is 0 Å². The van der Waals surface area contributed by atoms with Crippen LogP contribution in [0.3, 0.4) is 0 Å². The highest BCUT2D eigenvalue weighted by Crippen LogP contribution is 2.28. The van der Waals surface area contributed by atoms with Gasteiger partial charge in [0, 0.05) is 31.1 Å². The molecule has 2 N–H and O–H groups in total. The second kappa shape index (κ2) is 13.8. The van der Waals surface area contributed by atoms with Crippen molar-refractivity contribution in [1.29, 1.82) is 0 Å². The van der Waals surface area contributed by atoms with Gasteiger partial charge < -0.3 is 19.7 Å². The Balaban J connectivity index is 1.26. The van der Waals surface area contributed by atoms with Gasteiger partial charge in [0.2, 0.25) is 0 Å². The van der Waals surface area contributed by atoms with E-state index in [2.05, 4.69) is 10.1 Å². The number of ether oxygens (including phenoxy) is 2. The lowest BCUT2D eigenvalue weighted by Crippen LogP contribution is -2.43. The number of hydrogen-bond donors (Lipinski definition) is 2. The first-order valence-corrected chi connectivity index (χ1v) is 13.0. The van der Waals surface area contributed by atoms with E-state index < -0.39 is 23.2 Å². The lowest BCUT2D eigenvalue weighted by atomic mass is 9.92. The number of hydrogen-bond acceptors (Lipinski definition) is 7. The van der Waals surface area contributed by atoms with E-state index in [1.165, 1.54) is 23.4 Å². The quantitative estimate of drug-likeness (QED) is 0.208. The third-order valence-electron chi connectivity index (χ3n) is 6.33. The minimum Gasteiger partial charge on any atom is -0.493 e. The monoisotopic (exact) mass is 566 g/mol. The number of carbonyl (C=O) groups is 1. The van der Waals surface area contributed by atoms with Gasteiger partial charge in [-0.2, -0.15) is 5.10 Å². The summed E-state index contributed by atoms with van der Waals surface area (Å²) < 4.78 is 41.1. The summed E-state index contributed by atoms with van der Waals surface area (Å²) in [5, 5.41) is 24.4. The van der Waals surface area contributed by atoms with Crippen LogP contribution in [0.1, 0.15) is 23.1 Å². The molecule has 0 saturated carbocycles. The highest BCUT2D eigenvalue weighted by molar-refractivity contribution is 5.70. The van der Waals surface area contributed by atoms with E-state index in [0.717, 1.165) is 17.7 Å². The van der Waals surface area contributed by atoms with Crippen LogP contribution in [0.25, 0.3) is 0 Å². The number of aliphatic hydroxyl groups is 1. The smallest absolute Gasteiger partial charge is 0.307 e. The highest BCUT2D eigenvalue weighted by atomic mass is 19.1. The van der Waals surface area contributed by atoms with Crippen molar-refractivity contribution in [1.82, 2.24) is 19.7 Å². The molecule has 0 amide bonds. The average molecular weight is 567 g/mol. The van der Waals surface area contributed by atoms with E-state index in [9.17, 15) is 18.7 Å². The van der Waals surface area contributed by atoms with Crippen molar-refractivity contribution in [3.8, 4) is 11.5 Å². The number of benzene rings is 3. The van der Waals surface area contributed by atoms with E-state index in [-0.39, 0.29) is 25.1 Å². The first-order chi connectivity index (χ1) is 19.7. The van der Waals surface area contributed by atoms with Gasteiger partial charge in [0.1, 0.15) is 41.4 Å². The number of halogens is 2. The molecule has 1 heterocycles. The maximum absolute atomic E-state index is 14.7. The molecule has 1 aromatic heterocycles. The van der Waals surface area contributed by atoms with Gasteiger partial charge in [0.15, 0.2) is 0 Å². The first-order valence-electron chi connectivity index (χ1n) is 13.0. The van der Waals surface area contributed by atoms with Gasteiger partial charge in [-0.3, -0.25) is 9.69 Å². The summed E-state index contributed by atoms with van der Waals surface area (Å²) in [4.78, 5) is 16.5. The number of aliphatic carboxylic acids is 1. The zero-order chi connectivity index (χ0) is 29.2. The summed E-state index contributed by atoms with van der Waals surface area (Å²) in [6, 6.07) is 17.6. The molecule has 0 aliphatic rings. The summed E-state index contributed by atoms with van der Waals surface area (Å²) >= 11 is 0. The van der Waals surface area contributed by atoms with Gasteiger partial charge in [-0.25, -0.2) is 18.4 Å². The molecule has 9 nitrogen and oxygen atoms in total. The molecule has 0 radical (unpaired) electrons. The van der Waals surface area contributed by atoms with Crippen LogP contribution in [0.5, 0.6) is 11.5 Å². The zero-order valence-electron chi connectivity index (χ0n) is 22.6. The standard InChI is InChI=1S/C30H32F2N4O5/c1-35(18-30(39,19-36-21-33-20-34-36)27-12-7-24(31)16-28(27)32)17-23-5-10-26(11-6-23)41-14-2-13-40-25-8-3-22(4-9-25)15-29(37)38/h3-12,16,20-21,39H,2,13-15,17-19H2,1H3,(H,37,38). The van der Waals surface area contributed by atoms with Crippen LogP contribution in [0.15, 0.2) is 79.4 Å². The zero-order valence-corrected chi connectivity index (χ0v) is 22.6. The Labute approximate surface area is 236 Å². The van der Waals surface area contributed by atoms with E-state index in [4.69, 9.17) is 14.6 Å². The SMILES string of the molecule is CN(Cc1ccc(OCCCOc2ccc(CC(=O)O)cc2)cc1)CC(O)(Cn1cncn1)c1ccc(F)cc1F. The number of rotatable bonds is 15. The molecule has 3 aromatic carbocycles. The summed E-state index contributed by atoms with van der Waals surface area (Å²) in [5.41, 5.74) is -0.0419. The van der Waals surface area contributed by atoms with Gasteiger partial charge in [-0.1, -0.05) is 30.3 Å². The molecular formula is C30H32F2N4O5. The lowest BCUT2D eigenvalue weighted by molar-refractivity contribution is -0.136. The Morgan fingerprint density at radius 3 is 2.17 bits per heavy atom. The molecule has 0 aliphatic carbocycles. The fraction of sp³-hybridized carbons (Fsp3) is 0.300. The predicted octanol–water partition coefficient (Wildman–Crippen LogP) is 4.05. The maximum atomic E-state index is 14.7. The van der Waals surface area contributed by atoms with Crippen LogP contribution in [-0.2, 0) is 29.9 Å². The third-order valence-corrected chi connectivity index (χ3v) is 6.33. The molecule has 0 bridgehead atoms. The lowest BCUT2D eigenvalue weighted by Gasteiger charge is -2.33. The molecule has 4 rings (SSSR count). The Morgan fingerprint density at radius 1 is 0.976 bits per heavy atom. The van der Waals surface area contributed by atoms with Crippen LogP contribution in [0.4, 0.5) is 8.78 Å². The molecule has 216 valence electrons. The topological polar surface area (TPSA) is 110 Å². The van der Waals surface area contributed by atoms with Crippen LogP contribution >= 0.6 is 0 Å². The van der Waals surface area contributed by atoms with Crippen molar-refractivity contribution in [2.45, 2.75) is 31.5 Å². The summed E-state index contributed by atoms with van der Waals surface area (Å²) in [5.74, 6) is -1.06. The molecule has 0 fully saturated rings. The largest absolute Gasteiger partial charge is 0.493 e. The Hall–Kier alpha value is -4.35. The molecule has 41 heavy (non-hydrogen) atoms. The molecule has 11 heteroatoms. The van der Waals surface area contributed by atoms with Crippen LogP contribution in [0.2, 0.25) is 0 Å². The van der Waals surface area contributed by atoms with Crippen molar-refractivity contribution in [2.75, 3.05) is 26.8 Å². The number of likely N-dealkylation sites (N-methyl/N-ethyl adjacent to an activating group) is 1. The number of aromatic nitrogens is 3. The van der Waals surface area contributed by atoms with Crippen molar-refractivity contribution < 1.29 is 33.3 Å². The first kappa shape index (κ1) is 29.6. The van der Waals surface area contributed by atoms with Crippen molar-refractivity contribution in [2.24, 2.45) is 0 Å². The van der Waals surface area contributed by atoms with E-state index in [0.29, 0.717) is 43.2 Å². The normalized spacial score (nSPS) is 12.7. The molecule has 0 spiro atoms. The van der Waals surface area contributed by atoms with Gasteiger partial charge in [-0.15, -0.1) is 0 Å². The number of nitrogens with zero attached hydrogens (tertiary/aromatic N) is 4. The summed E-state index contributed by atoms with van der Waals surface area (Å²) in [7, 11) is 1.80. The molecular weight excluding hydrogens is 534 g/mol. The maximum Gasteiger partial charge on any atom is 0.307 e. The second-order valence-corrected chi connectivity index (χ2v) is 9.83. The minimum atomic E-state index is -1.69. The van der Waals surface area contributed by atoms with Crippen LogP contribution in [0, 0.1) is 11.6 Å². The highest BCUT2D eigenvalue weighted by Gasteiger charge is 2.34. The van der Waals surface area contributed by atoms with Gasteiger partial charge >= 0.3 is 5.97 Å². The van der Waals surface area contributed by atoms with E-state index >= 15 is 0 Å². The number of carboxylic acid groups (broad SMARTS) is 1. The van der Waals surface area contributed by atoms with Crippen molar-refractivity contribution in [3.63, 3.8) is 0 Å². The van der Waals surface area contributed by atoms with Crippen LogP contribution < -0.4 is 9.47 Å². The third kappa shape index (κ3) is 8.82. The Morgan fingerprint density at radius 2 is 1.61 bits per heavy atom. The molecule has 0 aliphatic heterocycles. The fourth-order valence-electron chi connectivity index (χ4n) is 4.49. The van der Waals surface area contributed by atoms with Gasteiger partial charge in [-0.05, 0) is 48.5 Å². The molecule has 1 atom stereocenters. The predicted molar refractivity (Wildman–Crippen MR) is 146 cm³/mol. The summed E-state index contributed by atoms with van der Waals surface area (Å²) in [6.45, 7) is 1.35. The summed E-state index contributed by atoms with van der Waals surface area (Å²) in [6.07, 6.45) is 3.39. The minimum absolute atomic E-state index is 0.0224. The molecule has 1 unspecified atom stereocenters. The van der Waals surface area contributed by atoms with Crippen LogP contribution in [-0.4, -0.2) is 62.7 Å². The molecule has 0 saturated heterocycles. The average Bonchev–Trinajstić information content (AvgIpc) is 3.42. The Kier molecular flexibility index (Phi) is 9.99. The second-order valence-electron chi connectivity index (χ2n) is 9.83. The number of carboxylic acids is 1. The van der Waals surface area contributed by atoms with Crippen molar-refractivity contribution >= 4 is 5.97 Å². The molecule has 4 aromatic rings. The van der Waals surface area contributed by atoms with Gasteiger partial charge in [0.05, 0.1) is 26.2 Å².